The molecule has 4 aliphatic rings. The molecule has 2 fully saturated rings. The van der Waals surface area contributed by atoms with Crippen LogP contribution in [0.5, 0.6) is 0 Å². The lowest BCUT2D eigenvalue weighted by Crippen LogP contribution is -2.50. The van der Waals surface area contributed by atoms with Crippen molar-refractivity contribution in [2.75, 3.05) is 0 Å². The monoisotopic (exact) mass is 312 g/mol. The molecule has 5 atom stereocenters. The Balaban J connectivity index is 1.68. The molecule has 0 N–H and O–H groups in total. The zero-order chi connectivity index (χ0) is 16.4. The quantitative estimate of drug-likeness (QED) is 0.706. The van der Waals surface area contributed by atoms with Crippen LogP contribution in [-0.4, -0.2) is 11.6 Å². The Hall–Kier alpha value is -1.18. The number of fused-ring (bicyclic) bond motifs is 5. The van der Waals surface area contributed by atoms with Crippen LogP contribution < -0.4 is 0 Å². The van der Waals surface area contributed by atoms with Crippen molar-refractivity contribution in [2.45, 2.75) is 65.7 Å². The number of Topliss-reactive ketones (excluding diaryl/α,β-unsaturated/α-hetero) is 1. The van der Waals surface area contributed by atoms with Crippen molar-refractivity contribution in [1.29, 1.82) is 0 Å². The first-order chi connectivity index (χ1) is 10.9. The van der Waals surface area contributed by atoms with Gasteiger partial charge in [-0.1, -0.05) is 25.5 Å². The van der Waals surface area contributed by atoms with Crippen LogP contribution in [0.25, 0.3) is 0 Å². The third kappa shape index (κ3) is 1.99. The average molecular weight is 312 g/mol. The van der Waals surface area contributed by atoms with Gasteiger partial charge in [0.1, 0.15) is 0 Å². The molecule has 0 bridgehead atoms. The van der Waals surface area contributed by atoms with E-state index in [1.54, 1.807) is 6.92 Å². The summed E-state index contributed by atoms with van der Waals surface area (Å²) in [5.74, 6) is 2.67. The van der Waals surface area contributed by atoms with Gasteiger partial charge in [0.25, 0.3) is 0 Å². The fraction of sp³-hybridized carbons (Fsp3) is 0.714. The van der Waals surface area contributed by atoms with Gasteiger partial charge in [-0.05, 0) is 85.7 Å². The van der Waals surface area contributed by atoms with E-state index in [0.717, 1.165) is 43.6 Å². The molecule has 2 saturated carbocycles. The number of carbonyl (C=O) groups excluding carboxylic acids is 2. The van der Waals surface area contributed by atoms with Crippen molar-refractivity contribution in [3.63, 3.8) is 0 Å². The molecule has 0 aliphatic heterocycles. The minimum atomic E-state index is 0.106. The van der Waals surface area contributed by atoms with Crippen LogP contribution >= 0.6 is 0 Å². The Labute approximate surface area is 139 Å². The molecule has 0 saturated heterocycles. The summed E-state index contributed by atoms with van der Waals surface area (Å²) < 4.78 is 0. The predicted molar refractivity (Wildman–Crippen MR) is 90.9 cm³/mol. The molecular weight excluding hydrogens is 284 g/mol. The van der Waals surface area contributed by atoms with Crippen LogP contribution in [0.1, 0.15) is 65.7 Å². The van der Waals surface area contributed by atoms with Gasteiger partial charge in [-0.2, -0.15) is 0 Å². The van der Waals surface area contributed by atoms with Crippen LogP contribution in [0, 0.1) is 28.6 Å². The Morgan fingerprint density at radius 2 is 1.87 bits per heavy atom. The summed E-state index contributed by atoms with van der Waals surface area (Å²) in [7, 11) is 0. The summed E-state index contributed by atoms with van der Waals surface area (Å²) in [5.41, 5.74) is 2.87. The maximum atomic E-state index is 12.1. The first-order valence-corrected chi connectivity index (χ1v) is 9.32. The largest absolute Gasteiger partial charge is 0.295 e. The fourth-order valence-electron chi connectivity index (χ4n) is 6.67. The van der Waals surface area contributed by atoms with E-state index in [0.29, 0.717) is 17.6 Å². The highest BCUT2D eigenvalue weighted by molar-refractivity contribution is 5.95. The summed E-state index contributed by atoms with van der Waals surface area (Å²) in [6.07, 6.45) is 11.7. The van der Waals surface area contributed by atoms with Crippen LogP contribution in [0.15, 0.2) is 23.3 Å². The van der Waals surface area contributed by atoms with Crippen LogP contribution in [-0.2, 0) is 9.59 Å². The molecule has 0 radical (unpaired) electrons. The zero-order valence-corrected chi connectivity index (χ0v) is 14.7. The van der Waals surface area contributed by atoms with Crippen LogP contribution in [0.3, 0.4) is 0 Å². The molecule has 0 unspecified atom stereocenters. The molecule has 2 nitrogen and oxygen atoms in total. The highest BCUT2D eigenvalue weighted by Gasteiger charge is 2.57. The van der Waals surface area contributed by atoms with Gasteiger partial charge in [0.15, 0.2) is 11.6 Å². The van der Waals surface area contributed by atoms with Gasteiger partial charge >= 0.3 is 0 Å². The Morgan fingerprint density at radius 3 is 2.61 bits per heavy atom. The zero-order valence-electron chi connectivity index (χ0n) is 14.7. The number of hydrogen-bond donors (Lipinski definition) is 0. The third-order valence-corrected chi connectivity index (χ3v) is 7.92. The first-order valence-electron chi connectivity index (χ1n) is 9.32. The third-order valence-electron chi connectivity index (χ3n) is 7.92. The fourth-order valence-corrected chi connectivity index (χ4v) is 6.67. The Kier molecular flexibility index (Phi) is 3.28. The molecule has 0 amide bonds. The standard InChI is InChI=1S/C21H28O2/c1-13(22)17-6-7-18-16-5-4-14-12-15(23)8-10-20(14,2)19(16)9-11-21(17,18)3/h6,12,16,18-19H,4-5,7-11H2,1-3H3/t16-,18-,19-,20+,21-/m1/s1. The average Bonchev–Trinajstić information content (AvgIpc) is 2.85. The van der Waals surface area contributed by atoms with Gasteiger partial charge in [0, 0.05) is 6.42 Å². The molecule has 124 valence electrons. The summed E-state index contributed by atoms with van der Waals surface area (Å²) in [5, 5.41) is 0. The van der Waals surface area contributed by atoms with E-state index >= 15 is 0 Å². The van der Waals surface area contributed by atoms with Crippen LogP contribution in [0.2, 0.25) is 0 Å². The van der Waals surface area contributed by atoms with Crippen molar-refractivity contribution in [1.82, 2.24) is 0 Å². The molecular formula is C21H28O2. The second kappa shape index (κ2) is 4.91. The minimum Gasteiger partial charge on any atom is -0.295 e. The summed E-state index contributed by atoms with van der Waals surface area (Å²) in [4.78, 5) is 23.9. The number of carbonyl (C=O) groups is 2. The topological polar surface area (TPSA) is 34.1 Å². The summed E-state index contributed by atoms with van der Waals surface area (Å²) in [6.45, 7) is 6.49. The van der Waals surface area contributed by atoms with Gasteiger partial charge in [-0.25, -0.2) is 0 Å². The van der Waals surface area contributed by atoms with Crippen molar-refractivity contribution in [3.8, 4) is 0 Å². The van der Waals surface area contributed by atoms with E-state index in [2.05, 4.69) is 19.9 Å². The molecule has 0 aromatic rings. The van der Waals surface area contributed by atoms with Gasteiger partial charge in [0.05, 0.1) is 0 Å². The highest BCUT2D eigenvalue weighted by atomic mass is 16.1. The number of ketones is 2. The normalized spacial score (nSPS) is 45.5. The van der Waals surface area contributed by atoms with E-state index in [-0.39, 0.29) is 16.6 Å². The summed E-state index contributed by atoms with van der Waals surface area (Å²) >= 11 is 0. The first kappa shape index (κ1) is 15.4. The molecule has 0 aromatic carbocycles. The maximum absolute atomic E-state index is 12.1. The van der Waals surface area contributed by atoms with E-state index in [4.69, 9.17) is 0 Å². The highest BCUT2D eigenvalue weighted by Crippen LogP contribution is 2.65. The van der Waals surface area contributed by atoms with Gasteiger partial charge in [0.2, 0.25) is 0 Å². The van der Waals surface area contributed by atoms with E-state index in [1.807, 2.05) is 6.08 Å². The second-order valence-corrected chi connectivity index (χ2v) is 8.83. The smallest absolute Gasteiger partial charge is 0.156 e. The van der Waals surface area contributed by atoms with Gasteiger partial charge < -0.3 is 0 Å². The van der Waals surface area contributed by atoms with Crippen molar-refractivity contribution >= 4 is 11.6 Å². The predicted octanol–water partition coefficient (Wildman–Crippen LogP) is 4.64. The Bertz CT molecular complexity index is 640. The second-order valence-electron chi connectivity index (χ2n) is 8.83. The lowest BCUT2D eigenvalue weighted by Gasteiger charge is -2.57. The van der Waals surface area contributed by atoms with Crippen molar-refractivity contribution < 1.29 is 9.59 Å². The molecule has 0 spiro atoms. The molecule has 0 heterocycles. The number of rotatable bonds is 1. The number of allylic oxidation sites excluding steroid dienone is 4. The molecule has 0 aromatic heterocycles. The van der Waals surface area contributed by atoms with Gasteiger partial charge in [-0.3, -0.25) is 9.59 Å². The van der Waals surface area contributed by atoms with E-state index in [1.165, 1.54) is 18.4 Å². The van der Waals surface area contributed by atoms with Gasteiger partial charge in [-0.15, -0.1) is 0 Å². The maximum Gasteiger partial charge on any atom is 0.156 e. The number of hydrogen-bond acceptors (Lipinski definition) is 2. The lowest BCUT2D eigenvalue weighted by molar-refractivity contribution is -0.118. The minimum absolute atomic E-state index is 0.106. The molecule has 4 aliphatic carbocycles. The van der Waals surface area contributed by atoms with Crippen molar-refractivity contribution in [3.05, 3.63) is 23.3 Å². The molecule has 23 heavy (non-hydrogen) atoms. The van der Waals surface area contributed by atoms with Crippen LogP contribution in [0.4, 0.5) is 0 Å². The molecule has 4 rings (SSSR count). The van der Waals surface area contributed by atoms with E-state index < -0.39 is 0 Å². The lowest BCUT2D eigenvalue weighted by atomic mass is 9.47. The molecule has 2 heteroatoms. The van der Waals surface area contributed by atoms with E-state index in [9.17, 15) is 9.59 Å². The van der Waals surface area contributed by atoms with Crippen molar-refractivity contribution in [2.24, 2.45) is 28.6 Å². The Morgan fingerprint density at radius 1 is 1.09 bits per heavy atom. The SMILES string of the molecule is CC(=O)C1=CC[C@@H]2[C@H]3CCC4=CC(=O)CC[C@]4(C)[C@@H]3CC[C@]12C. The summed E-state index contributed by atoms with van der Waals surface area (Å²) in [6, 6.07) is 0.